The Kier molecular flexibility index (Phi) is 7.17. The highest BCUT2D eigenvalue weighted by atomic mass is 35.5. The summed E-state index contributed by atoms with van der Waals surface area (Å²) in [5.74, 6) is 0.458. The monoisotopic (exact) mass is 527 g/mol. The van der Waals surface area contributed by atoms with Crippen molar-refractivity contribution in [1.82, 2.24) is 19.7 Å². The molecule has 0 aliphatic heterocycles. The molecule has 0 unspecified atom stereocenters. The topological polar surface area (TPSA) is 145 Å². The molecule has 13 heteroatoms. The first-order valence-corrected chi connectivity index (χ1v) is 12.7. The summed E-state index contributed by atoms with van der Waals surface area (Å²) in [4.78, 5) is 19.1. The van der Waals surface area contributed by atoms with Gasteiger partial charge in [0.25, 0.3) is 5.69 Å². The maximum Gasteiger partial charge on any atom is 0.269 e. The summed E-state index contributed by atoms with van der Waals surface area (Å²) in [5, 5.41) is 20.8. The van der Waals surface area contributed by atoms with Crippen molar-refractivity contribution in [2.24, 2.45) is 0 Å². The van der Waals surface area contributed by atoms with Crippen LogP contribution < -0.4 is 10.6 Å². The number of nitro benzene ring substituents is 1. The van der Waals surface area contributed by atoms with Crippen LogP contribution in [-0.4, -0.2) is 38.3 Å². The van der Waals surface area contributed by atoms with Gasteiger partial charge in [0.2, 0.25) is 5.95 Å². The Bertz CT molecular complexity index is 1510. The zero-order chi connectivity index (χ0) is 25.9. The van der Waals surface area contributed by atoms with Gasteiger partial charge in [0, 0.05) is 18.3 Å². The molecule has 4 aromatic rings. The van der Waals surface area contributed by atoms with E-state index in [-0.39, 0.29) is 27.4 Å². The van der Waals surface area contributed by atoms with Gasteiger partial charge in [-0.2, -0.15) is 10.1 Å². The summed E-state index contributed by atoms with van der Waals surface area (Å²) < 4.78 is 27.2. The van der Waals surface area contributed by atoms with E-state index in [4.69, 9.17) is 11.6 Å². The normalized spacial score (nSPS) is 11.4. The molecule has 0 aliphatic carbocycles. The molecule has 2 aromatic heterocycles. The molecule has 2 N–H and O–H groups in total. The van der Waals surface area contributed by atoms with Crippen molar-refractivity contribution < 1.29 is 13.3 Å². The van der Waals surface area contributed by atoms with Gasteiger partial charge in [-0.1, -0.05) is 35.9 Å². The fourth-order valence-corrected chi connectivity index (χ4v) is 4.61. The standard InChI is InChI=1S/C23H22ClN7O4S/c1-15(2)36(34,35)21-6-4-3-5-20(21)28-22-19(24)12-25-23(29-22)27-17-11-26-30(14-17)13-16-7-9-18(10-8-16)31(32)33/h3-12,14-15H,13H2,1-2H3,(H2,25,27,28,29). The lowest BCUT2D eigenvalue weighted by molar-refractivity contribution is -0.384. The van der Waals surface area contributed by atoms with Crippen LogP contribution in [0.1, 0.15) is 19.4 Å². The van der Waals surface area contributed by atoms with Crippen LogP contribution in [0.4, 0.5) is 28.8 Å². The number of hydrogen-bond donors (Lipinski definition) is 2. The van der Waals surface area contributed by atoms with Gasteiger partial charge in [0.15, 0.2) is 15.7 Å². The molecule has 0 fully saturated rings. The average molecular weight is 528 g/mol. The van der Waals surface area contributed by atoms with E-state index in [9.17, 15) is 18.5 Å². The third-order valence-electron chi connectivity index (χ3n) is 5.19. The molecule has 0 radical (unpaired) electrons. The van der Waals surface area contributed by atoms with Crippen molar-refractivity contribution in [3.8, 4) is 0 Å². The van der Waals surface area contributed by atoms with Gasteiger partial charge in [-0.15, -0.1) is 0 Å². The number of sulfone groups is 1. The van der Waals surface area contributed by atoms with Crippen molar-refractivity contribution in [3.63, 3.8) is 0 Å². The van der Waals surface area contributed by atoms with Crippen molar-refractivity contribution in [2.45, 2.75) is 30.5 Å². The fraction of sp³-hybridized carbons (Fsp3) is 0.174. The summed E-state index contributed by atoms with van der Waals surface area (Å²) in [6.45, 7) is 3.65. The lowest BCUT2D eigenvalue weighted by atomic mass is 10.2. The molecule has 186 valence electrons. The molecule has 2 aromatic carbocycles. The Balaban J connectivity index is 1.51. The molecule has 0 aliphatic rings. The van der Waals surface area contributed by atoms with Gasteiger partial charge in [0.05, 0.1) is 45.4 Å². The fourth-order valence-electron chi connectivity index (χ4n) is 3.27. The van der Waals surface area contributed by atoms with E-state index < -0.39 is 20.0 Å². The van der Waals surface area contributed by atoms with Gasteiger partial charge in [0.1, 0.15) is 5.02 Å². The maximum atomic E-state index is 12.8. The predicted molar refractivity (Wildman–Crippen MR) is 137 cm³/mol. The summed E-state index contributed by atoms with van der Waals surface area (Å²) in [6.07, 6.45) is 4.72. The highest BCUT2D eigenvalue weighted by Crippen LogP contribution is 2.30. The second-order valence-corrected chi connectivity index (χ2v) is 11.0. The van der Waals surface area contributed by atoms with Crippen LogP contribution in [0.15, 0.2) is 72.0 Å². The van der Waals surface area contributed by atoms with Gasteiger partial charge < -0.3 is 10.6 Å². The minimum atomic E-state index is -3.54. The average Bonchev–Trinajstić information content (AvgIpc) is 3.28. The molecular weight excluding hydrogens is 506 g/mol. The number of anilines is 4. The molecule has 11 nitrogen and oxygen atoms in total. The predicted octanol–water partition coefficient (Wildman–Crippen LogP) is 4.95. The van der Waals surface area contributed by atoms with Gasteiger partial charge in [-0.3, -0.25) is 14.8 Å². The second-order valence-electron chi connectivity index (χ2n) is 8.08. The Morgan fingerprint density at radius 1 is 1.08 bits per heavy atom. The Morgan fingerprint density at radius 2 is 1.81 bits per heavy atom. The number of benzene rings is 2. The number of para-hydroxylation sites is 1. The molecule has 4 rings (SSSR count). The van der Waals surface area contributed by atoms with E-state index in [2.05, 4.69) is 25.7 Å². The molecule has 0 saturated heterocycles. The maximum absolute atomic E-state index is 12.8. The molecule has 0 bridgehead atoms. The Labute approximate surface area is 212 Å². The third kappa shape index (κ3) is 5.61. The van der Waals surface area contributed by atoms with Crippen molar-refractivity contribution in [1.29, 1.82) is 0 Å². The smallest absolute Gasteiger partial charge is 0.269 e. The van der Waals surface area contributed by atoms with Crippen LogP contribution in [0.5, 0.6) is 0 Å². The minimum absolute atomic E-state index is 0.0234. The number of aromatic nitrogens is 4. The molecule has 0 amide bonds. The molecular formula is C23H22ClN7O4S. The number of hydrogen-bond acceptors (Lipinski definition) is 9. The van der Waals surface area contributed by atoms with Crippen LogP contribution >= 0.6 is 11.6 Å². The first-order valence-electron chi connectivity index (χ1n) is 10.8. The number of nitrogens with zero attached hydrogens (tertiary/aromatic N) is 5. The van der Waals surface area contributed by atoms with Crippen molar-refractivity contribution in [2.75, 3.05) is 10.6 Å². The lowest BCUT2D eigenvalue weighted by Gasteiger charge is -2.15. The van der Waals surface area contributed by atoms with Gasteiger partial charge >= 0.3 is 0 Å². The Hall–Kier alpha value is -4.03. The zero-order valence-electron chi connectivity index (χ0n) is 19.3. The molecule has 36 heavy (non-hydrogen) atoms. The van der Waals surface area contributed by atoms with Crippen LogP contribution in [0.2, 0.25) is 5.02 Å². The van der Waals surface area contributed by atoms with Gasteiger partial charge in [-0.05, 0) is 31.5 Å². The summed E-state index contributed by atoms with van der Waals surface area (Å²) in [7, 11) is -3.54. The quantitative estimate of drug-likeness (QED) is 0.228. The number of rotatable bonds is 9. The van der Waals surface area contributed by atoms with Crippen LogP contribution in [0.25, 0.3) is 0 Å². The minimum Gasteiger partial charge on any atom is -0.338 e. The zero-order valence-corrected chi connectivity index (χ0v) is 20.9. The molecule has 0 spiro atoms. The van der Waals surface area contributed by atoms with E-state index in [1.807, 2.05) is 0 Å². The largest absolute Gasteiger partial charge is 0.338 e. The molecule has 0 saturated carbocycles. The van der Waals surface area contributed by atoms with Crippen LogP contribution in [0.3, 0.4) is 0 Å². The summed E-state index contributed by atoms with van der Waals surface area (Å²) in [5.41, 5.74) is 1.83. The van der Waals surface area contributed by atoms with E-state index >= 15 is 0 Å². The highest BCUT2D eigenvalue weighted by molar-refractivity contribution is 7.92. The SMILES string of the molecule is CC(C)S(=O)(=O)c1ccccc1Nc1nc(Nc2cnn(Cc3ccc([N+](=O)[O-])cc3)c2)ncc1Cl. The molecule has 0 atom stereocenters. The van der Waals surface area contributed by atoms with E-state index in [0.717, 1.165) is 5.56 Å². The van der Waals surface area contributed by atoms with Crippen LogP contribution in [-0.2, 0) is 16.4 Å². The first-order chi connectivity index (χ1) is 17.1. The summed E-state index contributed by atoms with van der Waals surface area (Å²) in [6, 6.07) is 12.8. The second kappa shape index (κ2) is 10.3. The lowest BCUT2D eigenvalue weighted by Crippen LogP contribution is -2.15. The number of halogens is 1. The van der Waals surface area contributed by atoms with Crippen LogP contribution in [0, 0.1) is 10.1 Å². The van der Waals surface area contributed by atoms with E-state index in [0.29, 0.717) is 17.9 Å². The van der Waals surface area contributed by atoms with Crippen molar-refractivity contribution >= 4 is 50.3 Å². The highest BCUT2D eigenvalue weighted by Gasteiger charge is 2.23. The summed E-state index contributed by atoms with van der Waals surface area (Å²) >= 11 is 6.28. The molecule has 2 heterocycles. The van der Waals surface area contributed by atoms with Crippen molar-refractivity contribution in [3.05, 3.63) is 87.8 Å². The number of non-ortho nitro benzene ring substituents is 1. The number of nitro groups is 1. The van der Waals surface area contributed by atoms with Gasteiger partial charge in [-0.25, -0.2) is 13.4 Å². The Morgan fingerprint density at radius 3 is 2.50 bits per heavy atom. The van der Waals surface area contributed by atoms with E-state index in [1.54, 1.807) is 61.3 Å². The number of nitrogens with one attached hydrogen (secondary N) is 2. The van der Waals surface area contributed by atoms with E-state index in [1.165, 1.54) is 24.4 Å². The first kappa shape index (κ1) is 25.1. The third-order valence-corrected chi connectivity index (χ3v) is 7.68.